The van der Waals surface area contributed by atoms with Crippen molar-refractivity contribution >= 4 is 53.4 Å². The maximum atomic E-state index is 6.29. The van der Waals surface area contributed by atoms with Gasteiger partial charge in [-0.2, -0.15) is 0 Å². The summed E-state index contributed by atoms with van der Waals surface area (Å²) in [4.78, 5) is 19.7. The zero-order valence-electron chi connectivity index (χ0n) is 26.6. The third kappa shape index (κ3) is 4.85. The number of rotatable bonds is 5. The van der Waals surface area contributed by atoms with Gasteiger partial charge in [0, 0.05) is 42.4 Å². The number of oxazole rings is 1. The molecule has 0 aliphatic carbocycles. The van der Waals surface area contributed by atoms with Crippen molar-refractivity contribution in [2.45, 2.75) is 0 Å². The first-order valence-corrected chi connectivity index (χ1v) is 17.3. The first-order chi connectivity index (χ1) is 24.7. The summed E-state index contributed by atoms with van der Waals surface area (Å²) >= 11 is 1.79. The number of nitrogens with zero attached hydrogens (tertiary/aromatic N) is 4. The summed E-state index contributed by atoms with van der Waals surface area (Å²) < 4.78 is 8.71. The Hall–Kier alpha value is -6.50. The average molecular weight is 659 g/mol. The standard InChI is InChI=1S/C44H26N4OS/c1-4-12-27(13-5-1)41-46-42(28-14-6-2-7-15-28)48-43(47-41)34-20-10-18-30-24-31(22-23-32(30)34)33-19-11-21-38-40(33)35-25-37-36(26-39(35)50-38)45-44(49-37)29-16-8-3-9-17-29/h1-26H. The van der Waals surface area contributed by atoms with Gasteiger partial charge in [0.15, 0.2) is 23.1 Å². The van der Waals surface area contributed by atoms with Crippen LogP contribution in [0.5, 0.6) is 0 Å². The monoisotopic (exact) mass is 658 g/mol. The molecular formula is C44H26N4OS. The summed E-state index contributed by atoms with van der Waals surface area (Å²) in [6.07, 6.45) is 0. The summed E-state index contributed by atoms with van der Waals surface area (Å²) in [5.41, 5.74) is 7.82. The Morgan fingerprint density at radius 2 is 1.06 bits per heavy atom. The summed E-state index contributed by atoms with van der Waals surface area (Å²) in [5.74, 6) is 2.58. The summed E-state index contributed by atoms with van der Waals surface area (Å²) in [7, 11) is 0. The molecule has 0 bridgehead atoms. The Bertz CT molecular complexity index is 2810. The van der Waals surface area contributed by atoms with Gasteiger partial charge in [-0.1, -0.05) is 121 Å². The molecule has 0 spiro atoms. The van der Waals surface area contributed by atoms with Crippen LogP contribution in [0.3, 0.4) is 0 Å². The van der Waals surface area contributed by atoms with E-state index in [-0.39, 0.29) is 0 Å². The summed E-state index contributed by atoms with van der Waals surface area (Å²) in [6.45, 7) is 0. The minimum Gasteiger partial charge on any atom is -0.436 e. The number of hydrogen-bond donors (Lipinski definition) is 0. The molecule has 0 amide bonds. The largest absolute Gasteiger partial charge is 0.436 e. The molecule has 5 nitrogen and oxygen atoms in total. The fraction of sp³-hybridized carbons (Fsp3) is 0. The fourth-order valence-corrected chi connectivity index (χ4v) is 7.91. The first kappa shape index (κ1) is 28.5. The van der Waals surface area contributed by atoms with Crippen molar-refractivity contribution < 1.29 is 4.42 Å². The van der Waals surface area contributed by atoms with Crippen molar-refractivity contribution in [2.24, 2.45) is 0 Å². The van der Waals surface area contributed by atoms with Gasteiger partial charge in [0.2, 0.25) is 5.89 Å². The topological polar surface area (TPSA) is 64.7 Å². The molecule has 0 saturated carbocycles. The minimum atomic E-state index is 0.637. The van der Waals surface area contributed by atoms with E-state index in [2.05, 4.69) is 66.7 Å². The highest BCUT2D eigenvalue weighted by Gasteiger charge is 2.17. The number of hydrogen-bond acceptors (Lipinski definition) is 6. The van der Waals surface area contributed by atoms with Crippen molar-refractivity contribution in [3.8, 4) is 56.7 Å². The van der Waals surface area contributed by atoms with Crippen LogP contribution in [0.1, 0.15) is 0 Å². The van der Waals surface area contributed by atoms with Crippen LogP contribution in [-0.4, -0.2) is 19.9 Å². The van der Waals surface area contributed by atoms with E-state index < -0.39 is 0 Å². The first-order valence-electron chi connectivity index (χ1n) is 16.5. The van der Waals surface area contributed by atoms with Gasteiger partial charge in [0.1, 0.15) is 5.52 Å². The molecule has 0 atom stereocenters. The van der Waals surface area contributed by atoms with E-state index in [0.29, 0.717) is 23.4 Å². The molecule has 10 rings (SSSR count). The van der Waals surface area contributed by atoms with Crippen LogP contribution >= 0.6 is 11.3 Å². The molecule has 0 radical (unpaired) electrons. The molecular weight excluding hydrogens is 633 g/mol. The van der Waals surface area contributed by atoms with Crippen molar-refractivity contribution in [1.29, 1.82) is 0 Å². The maximum Gasteiger partial charge on any atom is 0.227 e. The molecule has 10 aromatic rings. The van der Waals surface area contributed by atoms with Gasteiger partial charge < -0.3 is 4.42 Å². The molecule has 3 heterocycles. The molecule has 0 unspecified atom stereocenters. The number of fused-ring (bicyclic) bond motifs is 5. The van der Waals surface area contributed by atoms with Crippen molar-refractivity contribution in [3.63, 3.8) is 0 Å². The van der Waals surface area contributed by atoms with E-state index in [1.54, 1.807) is 11.3 Å². The lowest BCUT2D eigenvalue weighted by Crippen LogP contribution is -2.00. The molecule has 0 aliphatic rings. The zero-order valence-corrected chi connectivity index (χ0v) is 27.4. The highest BCUT2D eigenvalue weighted by Crippen LogP contribution is 2.43. The Morgan fingerprint density at radius 3 is 1.78 bits per heavy atom. The highest BCUT2D eigenvalue weighted by molar-refractivity contribution is 7.26. The van der Waals surface area contributed by atoms with Gasteiger partial charge in [-0.3, -0.25) is 0 Å². The van der Waals surface area contributed by atoms with E-state index in [9.17, 15) is 0 Å². The molecule has 0 aliphatic heterocycles. The Morgan fingerprint density at radius 1 is 0.420 bits per heavy atom. The van der Waals surface area contributed by atoms with Crippen LogP contribution < -0.4 is 0 Å². The van der Waals surface area contributed by atoms with Gasteiger partial charge in [0.25, 0.3) is 0 Å². The number of thiophene rings is 1. The van der Waals surface area contributed by atoms with E-state index >= 15 is 0 Å². The molecule has 3 aromatic heterocycles. The van der Waals surface area contributed by atoms with Gasteiger partial charge in [-0.25, -0.2) is 19.9 Å². The molecule has 0 saturated heterocycles. The van der Waals surface area contributed by atoms with Crippen molar-refractivity contribution in [3.05, 3.63) is 158 Å². The van der Waals surface area contributed by atoms with E-state index in [0.717, 1.165) is 49.7 Å². The third-order valence-corrected chi connectivity index (χ3v) is 10.3. The Kier molecular flexibility index (Phi) is 6.60. The lowest BCUT2D eigenvalue weighted by molar-refractivity contribution is 0.620. The van der Waals surface area contributed by atoms with Gasteiger partial charge >= 0.3 is 0 Å². The van der Waals surface area contributed by atoms with Crippen LogP contribution in [0.25, 0.3) is 98.8 Å². The normalized spacial score (nSPS) is 11.6. The number of aromatic nitrogens is 4. The highest BCUT2D eigenvalue weighted by atomic mass is 32.1. The fourth-order valence-electron chi connectivity index (χ4n) is 6.77. The number of benzene rings is 7. The average Bonchev–Trinajstić information content (AvgIpc) is 3.78. The van der Waals surface area contributed by atoms with Crippen molar-refractivity contribution in [2.75, 3.05) is 0 Å². The SMILES string of the molecule is c1ccc(-c2nc(-c3ccccc3)nc(-c3cccc4cc(-c5cccc6sc7cc8nc(-c9ccccc9)oc8cc7c56)ccc34)n2)cc1. The molecule has 7 aromatic carbocycles. The second kappa shape index (κ2) is 11.6. The summed E-state index contributed by atoms with van der Waals surface area (Å²) in [6, 6.07) is 54.1. The maximum absolute atomic E-state index is 6.29. The van der Waals surface area contributed by atoms with Crippen LogP contribution in [-0.2, 0) is 0 Å². The smallest absolute Gasteiger partial charge is 0.227 e. The molecule has 0 fully saturated rings. The zero-order chi connectivity index (χ0) is 33.0. The molecule has 0 N–H and O–H groups in total. The van der Waals surface area contributed by atoms with Crippen molar-refractivity contribution in [1.82, 2.24) is 19.9 Å². The van der Waals surface area contributed by atoms with Gasteiger partial charge in [-0.05, 0) is 58.3 Å². The Balaban J connectivity index is 1.11. The second-order valence-electron chi connectivity index (χ2n) is 12.3. The van der Waals surface area contributed by atoms with E-state index in [1.807, 2.05) is 91.0 Å². The van der Waals surface area contributed by atoms with Crippen LogP contribution in [0, 0.1) is 0 Å². The Labute approximate surface area is 291 Å². The summed E-state index contributed by atoms with van der Waals surface area (Å²) in [5, 5.41) is 4.59. The van der Waals surface area contributed by atoms with Crippen LogP contribution in [0.2, 0.25) is 0 Å². The van der Waals surface area contributed by atoms with E-state index in [4.69, 9.17) is 24.4 Å². The van der Waals surface area contributed by atoms with E-state index in [1.165, 1.54) is 25.7 Å². The van der Waals surface area contributed by atoms with Crippen LogP contribution in [0.4, 0.5) is 0 Å². The molecule has 6 heteroatoms. The minimum absolute atomic E-state index is 0.637. The van der Waals surface area contributed by atoms with Gasteiger partial charge in [-0.15, -0.1) is 11.3 Å². The third-order valence-electron chi connectivity index (χ3n) is 9.16. The predicted octanol–water partition coefficient (Wildman–Crippen LogP) is 11.9. The lowest BCUT2D eigenvalue weighted by atomic mass is 9.95. The quantitative estimate of drug-likeness (QED) is 0.184. The molecule has 50 heavy (non-hydrogen) atoms. The van der Waals surface area contributed by atoms with Gasteiger partial charge in [0.05, 0.1) is 0 Å². The molecule has 234 valence electrons. The van der Waals surface area contributed by atoms with Crippen LogP contribution in [0.15, 0.2) is 162 Å². The lowest BCUT2D eigenvalue weighted by Gasteiger charge is -2.12. The second-order valence-corrected chi connectivity index (χ2v) is 13.3. The predicted molar refractivity (Wildman–Crippen MR) is 205 cm³/mol.